The van der Waals surface area contributed by atoms with Crippen LogP contribution in [-0.4, -0.2) is 23.0 Å². The molecule has 0 bridgehead atoms. The first-order valence-electron chi connectivity index (χ1n) is 4.86. The Morgan fingerprint density at radius 2 is 1.88 bits per heavy atom. The zero-order chi connectivity index (χ0) is 12.1. The smallest absolute Gasteiger partial charge is 0.330 e. The number of carbonyl (C=O) groups is 2. The number of hydrogen-bond donors (Lipinski definition) is 3. The number of amides is 1. The summed E-state index contributed by atoms with van der Waals surface area (Å²) in [6.07, 6.45) is 0. The van der Waals surface area contributed by atoms with E-state index in [0.29, 0.717) is 5.56 Å². The number of benzene rings is 1. The average molecular weight is 222 g/mol. The maximum absolute atomic E-state index is 11.3. The topological polar surface area (TPSA) is 92.4 Å². The van der Waals surface area contributed by atoms with Gasteiger partial charge in [0.05, 0.1) is 6.04 Å². The van der Waals surface area contributed by atoms with Crippen LogP contribution in [0.15, 0.2) is 30.3 Å². The number of carbonyl (C=O) groups excluding carboxylic acids is 1. The molecule has 0 aliphatic rings. The third-order valence-corrected chi connectivity index (χ3v) is 2.08. The summed E-state index contributed by atoms with van der Waals surface area (Å²) < 4.78 is 0. The number of carboxylic acid groups (broad SMARTS) is 1. The molecule has 0 heterocycles. The van der Waals surface area contributed by atoms with E-state index in [1.54, 1.807) is 30.3 Å². The molecule has 5 heteroatoms. The molecule has 4 N–H and O–H groups in total. The Labute approximate surface area is 93.3 Å². The van der Waals surface area contributed by atoms with Crippen LogP contribution in [0.4, 0.5) is 0 Å². The van der Waals surface area contributed by atoms with Gasteiger partial charge in [0, 0.05) is 0 Å². The molecule has 2 atom stereocenters. The molecule has 86 valence electrons. The maximum atomic E-state index is 11.3. The maximum Gasteiger partial charge on any atom is 0.330 e. The molecule has 5 nitrogen and oxygen atoms in total. The lowest BCUT2D eigenvalue weighted by Gasteiger charge is -2.16. The highest BCUT2D eigenvalue weighted by Crippen LogP contribution is 2.12. The SMILES string of the molecule is CC(N)C(=O)N[C@H](C(=O)O)c1ccccc1. The Hall–Kier alpha value is -1.88. The zero-order valence-corrected chi connectivity index (χ0v) is 8.88. The molecular weight excluding hydrogens is 208 g/mol. The van der Waals surface area contributed by atoms with Crippen LogP contribution in [-0.2, 0) is 9.59 Å². The van der Waals surface area contributed by atoms with Gasteiger partial charge in [-0.05, 0) is 12.5 Å². The minimum atomic E-state index is -1.11. The molecule has 1 aromatic carbocycles. The van der Waals surface area contributed by atoms with E-state index in [-0.39, 0.29) is 0 Å². The molecule has 1 amide bonds. The molecule has 1 rings (SSSR count). The van der Waals surface area contributed by atoms with Crippen molar-refractivity contribution in [2.75, 3.05) is 0 Å². The molecule has 1 aromatic rings. The molecule has 0 aliphatic heterocycles. The lowest BCUT2D eigenvalue weighted by Crippen LogP contribution is -2.42. The highest BCUT2D eigenvalue weighted by molar-refractivity contribution is 5.87. The van der Waals surface area contributed by atoms with E-state index < -0.39 is 24.0 Å². The predicted octanol–water partition coefficient (Wildman–Crippen LogP) is 0.276. The van der Waals surface area contributed by atoms with Gasteiger partial charge in [0.25, 0.3) is 0 Å². The Bertz CT molecular complexity index is 376. The standard InChI is InChI=1S/C11H14N2O3/c1-7(12)10(14)13-9(11(15)16)8-5-3-2-4-6-8/h2-7,9H,12H2,1H3,(H,13,14)(H,15,16)/t7?,9-/m0/s1. The van der Waals surface area contributed by atoms with E-state index in [4.69, 9.17) is 10.8 Å². The second-order valence-corrected chi connectivity index (χ2v) is 3.48. The molecule has 0 fully saturated rings. The lowest BCUT2D eigenvalue weighted by molar-refractivity contribution is -0.142. The fraction of sp³-hybridized carbons (Fsp3) is 0.273. The van der Waals surface area contributed by atoms with Crippen molar-refractivity contribution in [3.05, 3.63) is 35.9 Å². The lowest BCUT2D eigenvalue weighted by atomic mass is 10.1. The summed E-state index contributed by atoms with van der Waals surface area (Å²) in [6, 6.07) is 6.69. The van der Waals surface area contributed by atoms with Crippen molar-refractivity contribution < 1.29 is 14.7 Å². The highest BCUT2D eigenvalue weighted by atomic mass is 16.4. The number of rotatable bonds is 4. The third-order valence-electron chi connectivity index (χ3n) is 2.08. The van der Waals surface area contributed by atoms with Gasteiger partial charge in [-0.15, -0.1) is 0 Å². The fourth-order valence-electron chi connectivity index (χ4n) is 1.21. The second-order valence-electron chi connectivity index (χ2n) is 3.48. The summed E-state index contributed by atoms with van der Waals surface area (Å²) in [5.41, 5.74) is 5.88. The van der Waals surface area contributed by atoms with Crippen molar-refractivity contribution >= 4 is 11.9 Å². The molecular formula is C11H14N2O3. The number of carboxylic acids is 1. The van der Waals surface area contributed by atoms with Crippen LogP contribution in [0.25, 0.3) is 0 Å². The van der Waals surface area contributed by atoms with Gasteiger partial charge >= 0.3 is 5.97 Å². The van der Waals surface area contributed by atoms with Gasteiger partial charge in [0.1, 0.15) is 0 Å². The Morgan fingerprint density at radius 1 is 1.31 bits per heavy atom. The Kier molecular flexibility index (Phi) is 4.02. The van der Waals surface area contributed by atoms with Crippen molar-refractivity contribution in [3.63, 3.8) is 0 Å². The minimum absolute atomic E-state index is 0.490. The van der Waals surface area contributed by atoms with Crippen molar-refractivity contribution in [1.82, 2.24) is 5.32 Å². The summed E-state index contributed by atoms with van der Waals surface area (Å²) in [6.45, 7) is 1.50. The van der Waals surface area contributed by atoms with Crippen LogP contribution in [0.1, 0.15) is 18.5 Å². The van der Waals surface area contributed by atoms with E-state index in [1.807, 2.05) is 0 Å². The van der Waals surface area contributed by atoms with Gasteiger partial charge in [-0.25, -0.2) is 4.79 Å². The summed E-state index contributed by atoms with van der Waals surface area (Å²) in [5, 5.41) is 11.4. The Balaban J connectivity index is 2.85. The minimum Gasteiger partial charge on any atom is -0.479 e. The number of aliphatic carboxylic acids is 1. The van der Waals surface area contributed by atoms with E-state index in [9.17, 15) is 9.59 Å². The normalized spacial score (nSPS) is 13.9. The van der Waals surface area contributed by atoms with Gasteiger partial charge in [0.15, 0.2) is 6.04 Å². The summed E-state index contributed by atoms with van der Waals surface area (Å²) in [5.74, 6) is -1.60. The first-order valence-corrected chi connectivity index (χ1v) is 4.86. The number of nitrogens with two attached hydrogens (primary N) is 1. The van der Waals surface area contributed by atoms with Gasteiger partial charge in [-0.1, -0.05) is 30.3 Å². The third kappa shape index (κ3) is 3.06. The van der Waals surface area contributed by atoms with Crippen LogP contribution < -0.4 is 11.1 Å². The van der Waals surface area contributed by atoms with E-state index >= 15 is 0 Å². The van der Waals surface area contributed by atoms with E-state index in [0.717, 1.165) is 0 Å². The number of nitrogens with one attached hydrogen (secondary N) is 1. The first kappa shape index (κ1) is 12.2. The van der Waals surface area contributed by atoms with Gasteiger partial charge in [-0.2, -0.15) is 0 Å². The summed E-state index contributed by atoms with van der Waals surface area (Å²) in [4.78, 5) is 22.3. The number of hydrogen-bond acceptors (Lipinski definition) is 3. The van der Waals surface area contributed by atoms with Crippen LogP contribution in [0, 0.1) is 0 Å². The van der Waals surface area contributed by atoms with E-state index in [2.05, 4.69) is 5.32 Å². The largest absolute Gasteiger partial charge is 0.479 e. The molecule has 0 aliphatic carbocycles. The quantitative estimate of drug-likeness (QED) is 0.682. The summed E-state index contributed by atoms with van der Waals surface area (Å²) in [7, 11) is 0. The van der Waals surface area contributed by atoms with Crippen LogP contribution in [0.3, 0.4) is 0 Å². The molecule has 16 heavy (non-hydrogen) atoms. The van der Waals surface area contributed by atoms with E-state index in [1.165, 1.54) is 6.92 Å². The van der Waals surface area contributed by atoms with Gasteiger partial charge < -0.3 is 16.2 Å². The van der Waals surface area contributed by atoms with Crippen molar-refractivity contribution in [1.29, 1.82) is 0 Å². The first-order chi connectivity index (χ1) is 7.52. The fourth-order valence-corrected chi connectivity index (χ4v) is 1.21. The molecule has 0 aromatic heterocycles. The van der Waals surface area contributed by atoms with Crippen molar-refractivity contribution in [2.45, 2.75) is 19.0 Å². The van der Waals surface area contributed by atoms with Gasteiger partial charge in [0.2, 0.25) is 5.91 Å². The Morgan fingerprint density at radius 3 is 2.31 bits per heavy atom. The predicted molar refractivity (Wildman–Crippen MR) is 58.6 cm³/mol. The van der Waals surface area contributed by atoms with Crippen molar-refractivity contribution in [2.24, 2.45) is 5.73 Å². The average Bonchev–Trinajstić information content (AvgIpc) is 2.26. The monoisotopic (exact) mass is 222 g/mol. The van der Waals surface area contributed by atoms with Crippen LogP contribution >= 0.6 is 0 Å². The van der Waals surface area contributed by atoms with Crippen LogP contribution in [0.2, 0.25) is 0 Å². The summed E-state index contributed by atoms with van der Waals surface area (Å²) >= 11 is 0. The highest BCUT2D eigenvalue weighted by Gasteiger charge is 2.22. The molecule has 0 saturated heterocycles. The second kappa shape index (κ2) is 5.27. The molecule has 0 radical (unpaired) electrons. The van der Waals surface area contributed by atoms with Crippen LogP contribution in [0.5, 0.6) is 0 Å². The zero-order valence-electron chi connectivity index (χ0n) is 8.88. The molecule has 0 spiro atoms. The van der Waals surface area contributed by atoms with Gasteiger partial charge in [-0.3, -0.25) is 4.79 Å². The van der Waals surface area contributed by atoms with Crippen molar-refractivity contribution in [3.8, 4) is 0 Å². The molecule has 1 unspecified atom stereocenters. The molecule has 0 saturated carbocycles.